The molecule has 0 saturated heterocycles. The van der Waals surface area contributed by atoms with E-state index in [2.05, 4.69) is 0 Å². The molecule has 2 aromatic rings. The minimum absolute atomic E-state index is 0.387. The SMILES string of the molecule is FC(F)(F)c1ccccc1-c1ccc(Cl)c(Cl)c1C(F)(F)F. The van der Waals surface area contributed by atoms with Gasteiger partial charge in [-0.05, 0) is 23.3 Å². The summed E-state index contributed by atoms with van der Waals surface area (Å²) in [5.74, 6) is 0. The second-order valence-corrected chi connectivity index (χ2v) is 5.11. The van der Waals surface area contributed by atoms with Crippen LogP contribution in [-0.2, 0) is 12.4 Å². The standard InChI is InChI=1S/C14H6Cl2F6/c15-10-6-5-8(11(12(10)16)14(20,21)22)7-3-1-2-4-9(7)13(17,18)19/h1-6H. The third-order valence-electron chi connectivity index (χ3n) is 2.90. The van der Waals surface area contributed by atoms with Gasteiger partial charge in [-0.25, -0.2) is 0 Å². The van der Waals surface area contributed by atoms with Gasteiger partial charge in [-0.2, -0.15) is 26.3 Å². The van der Waals surface area contributed by atoms with Crippen molar-refractivity contribution in [3.63, 3.8) is 0 Å². The summed E-state index contributed by atoms with van der Waals surface area (Å²) in [7, 11) is 0. The average molecular weight is 359 g/mol. The van der Waals surface area contributed by atoms with E-state index in [9.17, 15) is 26.3 Å². The molecule has 2 aromatic carbocycles. The summed E-state index contributed by atoms with van der Waals surface area (Å²) in [5.41, 5.74) is -3.85. The molecule has 0 radical (unpaired) electrons. The Balaban J connectivity index is 2.83. The minimum atomic E-state index is -4.95. The number of rotatable bonds is 1. The van der Waals surface area contributed by atoms with Crippen molar-refractivity contribution in [2.75, 3.05) is 0 Å². The normalized spacial score (nSPS) is 12.5. The number of hydrogen-bond acceptors (Lipinski definition) is 0. The molecule has 0 aliphatic rings. The van der Waals surface area contributed by atoms with Crippen LogP contribution in [-0.4, -0.2) is 0 Å². The molecule has 0 N–H and O–H groups in total. The van der Waals surface area contributed by atoms with Gasteiger partial charge in [-0.15, -0.1) is 0 Å². The molecule has 0 aromatic heterocycles. The lowest BCUT2D eigenvalue weighted by Crippen LogP contribution is -2.12. The Morgan fingerprint density at radius 3 is 1.82 bits per heavy atom. The Morgan fingerprint density at radius 2 is 1.27 bits per heavy atom. The van der Waals surface area contributed by atoms with Crippen LogP contribution in [0.4, 0.5) is 26.3 Å². The molecule has 118 valence electrons. The van der Waals surface area contributed by atoms with E-state index in [-0.39, 0.29) is 5.02 Å². The zero-order valence-corrected chi connectivity index (χ0v) is 12.0. The van der Waals surface area contributed by atoms with E-state index in [0.717, 1.165) is 24.3 Å². The van der Waals surface area contributed by atoms with Gasteiger partial charge in [0.15, 0.2) is 0 Å². The van der Waals surface area contributed by atoms with E-state index >= 15 is 0 Å². The molecule has 0 spiro atoms. The molecule has 0 saturated carbocycles. The van der Waals surface area contributed by atoms with Crippen molar-refractivity contribution >= 4 is 23.2 Å². The minimum Gasteiger partial charge on any atom is -0.166 e. The molecule has 0 aliphatic heterocycles. The number of benzene rings is 2. The zero-order chi connectivity index (χ0) is 16.7. The molecule has 0 heterocycles. The van der Waals surface area contributed by atoms with E-state index in [1.54, 1.807) is 0 Å². The molecule has 0 unspecified atom stereocenters. The van der Waals surface area contributed by atoms with Gasteiger partial charge in [0.1, 0.15) is 0 Å². The zero-order valence-electron chi connectivity index (χ0n) is 10.5. The molecule has 0 fully saturated rings. The van der Waals surface area contributed by atoms with Gasteiger partial charge in [0.25, 0.3) is 0 Å². The third kappa shape index (κ3) is 3.17. The van der Waals surface area contributed by atoms with Crippen LogP contribution < -0.4 is 0 Å². The van der Waals surface area contributed by atoms with Crippen molar-refractivity contribution in [1.29, 1.82) is 0 Å². The van der Waals surface area contributed by atoms with Crippen LogP contribution in [0.5, 0.6) is 0 Å². The van der Waals surface area contributed by atoms with Crippen molar-refractivity contribution in [3.8, 4) is 11.1 Å². The van der Waals surface area contributed by atoms with Gasteiger partial charge in [-0.1, -0.05) is 47.5 Å². The van der Waals surface area contributed by atoms with Crippen LogP contribution in [0, 0.1) is 0 Å². The van der Waals surface area contributed by atoms with Gasteiger partial charge in [0.2, 0.25) is 0 Å². The highest BCUT2D eigenvalue weighted by molar-refractivity contribution is 6.42. The van der Waals surface area contributed by atoms with Crippen LogP contribution in [0.1, 0.15) is 11.1 Å². The molecule has 2 rings (SSSR count). The summed E-state index contributed by atoms with van der Waals surface area (Å²) in [5, 5.41) is -1.22. The molecule has 22 heavy (non-hydrogen) atoms. The molecule has 0 bridgehead atoms. The quantitative estimate of drug-likeness (QED) is 0.497. The summed E-state index contributed by atoms with van der Waals surface area (Å²) in [6.45, 7) is 0. The summed E-state index contributed by atoms with van der Waals surface area (Å²) in [4.78, 5) is 0. The first-order valence-corrected chi connectivity index (χ1v) is 6.51. The Labute approximate surface area is 131 Å². The predicted octanol–water partition coefficient (Wildman–Crippen LogP) is 6.70. The number of hydrogen-bond donors (Lipinski definition) is 0. The number of halogens is 8. The summed E-state index contributed by atoms with van der Waals surface area (Å²) < 4.78 is 78.5. The van der Waals surface area contributed by atoms with Crippen molar-refractivity contribution in [2.24, 2.45) is 0 Å². The largest absolute Gasteiger partial charge is 0.418 e. The predicted molar refractivity (Wildman–Crippen MR) is 71.9 cm³/mol. The van der Waals surface area contributed by atoms with E-state index in [4.69, 9.17) is 23.2 Å². The first kappa shape index (κ1) is 17.0. The molecule has 0 aliphatic carbocycles. The van der Waals surface area contributed by atoms with Crippen molar-refractivity contribution in [1.82, 2.24) is 0 Å². The van der Waals surface area contributed by atoms with Gasteiger partial charge in [-0.3, -0.25) is 0 Å². The molecule has 8 heteroatoms. The summed E-state index contributed by atoms with van der Waals surface area (Å²) >= 11 is 11.1. The second-order valence-electron chi connectivity index (χ2n) is 4.33. The van der Waals surface area contributed by atoms with Crippen molar-refractivity contribution in [3.05, 3.63) is 57.6 Å². The van der Waals surface area contributed by atoms with E-state index < -0.39 is 39.6 Å². The fourth-order valence-corrected chi connectivity index (χ4v) is 2.45. The van der Waals surface area contributed by atoms with Crippen LogP contribution in [0.15, 0.2) is 36.4 Å². The fraction of sp³-hybridized carbons (Fsp3) is 0.143. The monoisotopic (exact) mass is 358 g/mol. The lowest BCUT2D eigenvalue weighted by Gasteiger charge is -2.19. The lowest BCUT2D eigenvalue weighted by molar-refractivity contribution is -0.139. The summed E-state index contributed by atoms with van der Waals surface area (Å²) in [6.07, 6.45) is -9.75. The van der Waals surface area contributed by atoms with E-state index in [0.29, 0.717) is 6.07 Å². The highest BCUT2D eigenvalue weighted by Crippen LogP contribution is 2.46. The first-order chi connectivity index (χ1) is 10.0. The van der Waals surface area contributed by atoms with Crippen molar-refractivity contribution in [2.45, 2.75) is 12.4 Å². The van der Waals surface area contributed by atoms with Crippen LogP contribution >= 0.6 is 23.2 Å². The van der Waals surface area contributed by atoms with Crippen molar-refractivity contribution < 1.29 is 26.3 Å². The topological polar surface area (TPSA) is 0 Å². The smallest absolute Gasteiger partial charge is 0.166 e. The Kier molecular flexibility index (Phi) is 4.37. The Morgan fingerprint density at radius 1 is 0.682 bits per heavy atom. The first-order valence-electron chi connectivity index (χ1n) is 5.75. The molecule has 0 nitrogen and oxygen atoms in total. The second kappa shape index (κ2) is 5.66. The maximum absolute atomic E-state index is 13.2. The van der Waals surface area contributed by atoms with Crippen LogP contribution in [0.25, 0.3) is 11.1 Å². The highest BCUT2D eigenvalue weighted by Gasteiger charge is 2.40. The highest BCUT2D eigenvalue weighted by atomic mass is 35.5. The van der Waals surface area contributed by atoms with Gasteiger partial charge < -0.3 is 0 Å². The Hall–Kier alpha value is -1.40. The van der Waals surface area contributed by atoms with Crippen LogP contribution in [0.3, 0.4) is 0 Å². The average Bonchev–Trinajstić information content (AvgIpc) is 2.39. The third-order valence-corrected chi connectivity index (χ3v) is 3.71. The maximum atomic E-state index is 13.2. The molecular weight excluding hydrogens is 353 g/mol. The number of alkyl halides is 6. The van der Waals surface area contributed by atoms with E-state index in [1.807, 2.05) is 0 Å². The van der Waals surface area contributed by atoms with Gasteiger partial charge in [0, 0.05) is 0 Å². The summed E-state index contributed by atoms with van der Waals surface area (Å²) in [6, 6.07) is 5.88. The van der Waals surface area contributed by atoms with Gasteiger partial charge >= 0.3 is 12.4 Å². The Bertz CT molecular complexity index is 703. The van der Waals surface area contributed by atoms with E-state index in [1.165, 1.54) is 6.07 Å². The van der Waals surface area contributed by atoms with Gasteiger partial charge in [0.05, 0.1) is 21.2 Å². The lowest BCUT2D eigenvalue weighted by atomic mass is 9.94. The molecular formula is C14H6Cl2F6. The molecule has 0 amide bonds. The fourth-order valence-electron chi connectivity index (χ4n) is 2.02. The molecule has 0 atom stereocenters. The van der Waals surface area contributed by atoms with Crippen LogP contribution in [0.2, 0.25) is 10.0 Å². The maximum Gasteiger partial charge on any atom is 0.418 e.